The molecule has 2 aromatic rings. The van der Waals surface area contributed by atoms with Crippen molar-refractivity contribution < 1.29 is 13.2 Å². The van der Waals surface area contributed by atoms with Gasteiger partial charge in [-0.1, -0.05) is 0 Å². The summed E-state index contributed by atoms with van der Waals surface area (Å²) < 4.78 is 39.1. The Hall–Kier alpha value is -2.12. The van der Waals surface area contributed by atoms with E-state index in [1.165, 1.54) is 6.20 Å². The Labute approximate surface area is 106 Å². The third-order valence-corrected chi connectivity index (χ3v) is 2.93. The number of halogens is 3. The van der Waals surface area contributed by atoms with Crippen LogP contribution < -0.4 is 4.90 Å². The van der Waals surface area contributed by atoms with Gasteiger partial charge in [-0.2, -0.15) is 13.2 Å². The van der Waals surface area contributed by atoms with Crippen molar-refractivity contribution in [3.8, 4) is 0 Å². The number of alkyl halides is 3. The maximum atomic E-state index is 12.7. The predicted molar refractivity (Wildman–Crippen MR) is 59.1 cm³/mol. The molecule has 0 saturated carbocycles. The maximum Gasteiger partial charge on any atom is 0.451 e. The van der Waals surface area contributed by atoms with Crippen LogP contribution in [0, 0.1) is 6.07 Å². The summed E-state index contributed by atoms with van der Waals surface area (Å²) in [4.78, 5) is 5.98. The first-order valence-corrected chi connectivity index (χ1v) is 5.62. The molecule has 99 valence electrons. The highest BCUT2D eigenvalue weighted by atomic mass is 19.4. The van der Waals surface area contributed by atoms with Gasteiger partial charge in [-0.25, -0.2) is 4.98 Å². The minimum atomic E-state index is -4.46. The molecule has 0 fully saturated rings. The molecule has 0 N–H and O–H groups in total. The summed E-state index contributed by atoms with van der Waals surface area (Å²) in [7, 11) is 0. The van der Waals surface area contributed by atoms with E-state index in [-0.39, 0.29) is 13.1 Å². The van der Waals surface area contributed by atoms with E-state index in [2.05, 4.69) is 21.2 Å². The zero-order valence-electron chi connectivity index (χ0n) is 9.72. The number of nitrogens with zero attached hydrogens (tertiary/aromatic N) is 5. The molecule has 0 amide bonds. The molecule has 1 aliphatic heterocycles. The molecule has 3 rings (SSSR count). The Morgan fingerprint density at radius 3 is 2.74 bits per heavy atom. The highest BCUT2D eigenvalue weighted by molar-refractivity contribution is 5.38. The normalized spacial score (nSPS) is 15.4. The molecule has 1 aliphatic rings. The monoisotopic (exact) mass is 268 g/mol. The van der Waals surface area contributed by atoms with E-state index in [9.17, 15) is 13.2 Å². The second kappa shape index (κ2) is 4.22. The van der Waals surface area contributed by atoms with Crippen LogP contribution in [-0.4, -0.2) is 26.3 Å². The molecule has 3 heterocycles. The van der Waals surface area contributed by atoms with Crippen molar-refractivity contribution in [1.29, 1.82) is 0 Å². The zero-order valence-corrected chi connectivity index (χ0v) is 9.72. The van der Waals surface area contributed by atoms with Crippen molar-refractivity contribution in [3.05, 3.63) is 36.0 Å². The summed E-state index contributed by atoms with van der Waals surface area (Å²) in [6.07, 6.45) is -2.94. The molecule has 0 atom stereocenters. The van der Waals surface area contributed by atoms with Crippen molar-refractivity contribution in [1.82, 2.24) is 19.7 Å². The molecule has 2 aromatic heterocycles. The van der Waals surface area contributed by atoms with Gasteiger partial charge in [0.2, 0.25) is 5.82 Å². The predicted octanol–water partition coefficient (Wildman–Crippen LogP) is 1.51. The van der Waals surface area contributed by atoms with Crippen LogP contribution in [0.15, 0.2) is 18.3 Å². The first kappa shape index (κ1) is 11.9. The molecular weight excluding hydrogens is 259 g/mol. The lowest BCUT2D eigenvalue weighted by atomic mass is 10.3. The average Bonchev–Trinajstić information content (AvgIpc) is 2.82. The molecule has 19 heavy (non-hydrogen) atoms. The molecule has 1 radical (unpaired) electrons. The maximum absolute atomic E-state index is 12.7. The number of anilines is 1. The Morgan fingerprint density at radius 1 is 1.21 bits per heavy atom. The summed E-state index contributed by atoms with van der Waals surface area (Å²) in [5.74, 6) is 0.0614. The van der Waals surface area contributed by atoms with Crippen LogP contribution in [0.2, 0.25) is 0 Å². The quantitative estimate of drug-likeness (QED) is 0.786. The second-order valence-electron chi connectivity index (χ2n) is 4.13. The highest BCUT2D eigenvalue weighted by Gasteiger charge is 2.39. The number of aromatic nitrogens is 4. The number of fused-ring (bicyclic) bond motifs is 1. The Kier molecular flexibility index (Phi) is 2.65. The van der Waals surface area contributed by atoms with Gasteiger partial charge in [-0.3, -0.25) is 0 Å². The van der Waals surface area contributed by atoms with Crippen LogP contribution in [0.4, 0.5) is 19.0 Å². The van der Waals surface area contributed by atoms with E-state index in [1.807, 2.05) is 4.90 Å². The van der Waals surface area contributed by atoms with Gasteiger partial charge in [0.25, 0.3) is 0 Å². The van der Waals surface area contributed by atoms with Crippen molar-refractivity contribution >= 4 is 5.82 Å². The molecule has 0 saturated heterocycles. The Morgan fingerprint density at radius 2 is 2.05 bits per heavy atom. The van der Waals surface area contributed by atoms with Crippen LogP contribution in [-0.2, 0) is 19.3 Å². The smallest absolute Gasteiger partial charge is 0.347 e. The third-order valence-electron chi connectivity index (χ3n) is 2.93. The molecule has 0 spiro atoms. The van der Waals surface area contributed by atoms with Crippen LogP contribution in [0.25, 0.3) is 0 Å². The van der Waals surface area contributed by atoms with Crippen LogP contribution in [0.5, 0.6) is 0 Å². The lowest BCUT2D eigenvalue weighted by molar-refractivity contribution is -0.147. The van der Waals surface area contributed by atoms with E-state index >= 15 is 0 Å². The minimum Gasteiger partial charge on any atom is -0.347 e. The summed E-state index contributed by atoms with van der Waals surface area (Å²) in [5, 5.41) is 6.85. The lowest BCUT2D eigenvalue weighted by Gasteiger charge is -2.28. The van der Waals surface area contributed by atoms with Gasteiger partial charge in [-0.05, 0) is 12.1 Å². The van der Waals surface area contributed by atoms with Crippen LogP contribution >= 0.6 is 0 Å². The minimum absolute atomic E-state index is 0.192. The van der Waals surface area contributed by atoms with Crippen molar-refractivity contribution in [2.24, 2.45) is 0 Å². The fraction of sp³-hybridized carbons (Fsp3) is 0.364. The molecular formula is C11H9F3N5. The van der Waals surface area contributed by atoms with Crippen LogP contribution in [0.3, 0.4) is 0 Å². The molecule has 0 unspecified atom stereocenters. The highest BCUT2D eigenvalue weighted by Crippen LogP contribution is 2.29. The van der Waals surface area contributed by atoms with E-state index < -0.39 is 12.0 Å². The topological polar surface area (TPSA) is 46.8 Å². The van der Waals surface area contributed by atoms with Gasteiger partial charge < -0.3 is 9.47 Å². The summed E-state index contributed by atoms with van der Waals surface area (Å²) >= 11 is 0. The molecule has 0 aromatic carbocycles. The molecule has 8 heteroatoms. The summed E-state index contributed by atoms with van der Waals surface area (Å²) in [6.45, 7) is 0.892. The van der Waals surface area contributed by atoms with Gasteiger partial charge in [0, 0.05) is 25.4 Å². The zero-order chi connectivity index (χ0) is 13.5. The standard InChI is InChI=1S/C11H9F3N5/c12-11(13,14)10-17-16-9-7-18(5-6-19(9)10)8-3-1-2-4-15-8/h1,3-4H,5-7H2. The number of pyridine rings is 1. The van der Waals surface area contributed by atoms with Gasteiger partial charge >= 0.3 is 6.18 Å². The van der Waals surface area contributed by atoms with Gasteiger partial charge in [-0.15, -0.1) is 10.2 Å². The fourth-order valence-electron chi connectivity index (χ4n) is 2.06. The second-order valence-corrected chi connectivity index (χ2v) is 4.13. The largest absolute Gasteiger partial charge is 0.451 e. The van der Waals surface area contributed by atoms with E-state index in [0.717, 1.165) is 4.57 Å². The Balaban J connectivity index is 1.88. The van der Waals surface area contributed by atoms with E-state index in [4.69, 9.17) is 0 Å². The van der Waals surface area contributed by atoms with Gasteiger partial charge in [0.15, 0.2) is 5.82 Å². The first-order chi connectivity index (χ1) is 9.05. The number of hydrogen-bond donors (Lipinski definition) is 0. The first-order valence-electron chi connectivity index (χ1n) is 5.62. The van der Waals surface area contributed by atoms with Gasteiger partial charge in [0.05, 0.1) is 6.54 Å². The number of hydrogen-bond acceptors (Lipinski definition) is 4. The average molecular weight is 268 g/mol. The summed E-state index contributed by atoms with van der Waals surface area (Å²) in [6, 6.07) is 6.27. The molecule has 0 bridgehead atoms. The lowest BCUT2D eigenvalue weighted by Crippen LogP contribution is -2.35. The molecule has 0 aliphatic carbocycles. The van der Waals surface area contributed by atoms with Gasteiger partial charge in [0.1, 0.15) is 5.82 Å². The Bertz CT molecular complexity index is 578. The van der Waals surface area contributed by atoms with Crippen molar-refractivity contribution in [3.63, 3.8) is 0 Å². The summed E-state index contributed by atoms with van der Waals surface area (Å²) in [5.41, 5.74) is 0. The van der Waals surface area contributed by atoms with Crippen LogP contribution in [0.1, 0.15) is 11.6 Å². The number of rotatable bonds is 1. The van der Waals surface area contributed by atoms with E-state index in [0.29, 0.717) is 18.2 Å². The van der Waals surface area contributed by atoms with Crippen molar-refractivity contribution in [2.75, 3.05) is 11.4 Å². The SMILES string of the molecule is FC(F)(F)c1nnc2n1CCN(c1cc[c]cn1)C2. The van der Waals surface area contributed by atoms with Crippen molar-refractivity contribution in [2.45, 2.75) is 19.3 Å². The molecule has 5 nitrogen and oxygen atoms in total. The fourth-order valence-corrected chi connectivity index (χ4v) is 2.06. The third kappa shape index (κ3) is 2.13. The van der Waals surface area contributed by atoms with E-state index in [1.54, 1.807) is 12.1 Å².